The van der Waals surface area contributed by atoms with E-state index >= 15 is 0 Å². The van der Waals surface area contributed by atoms with Crippen LogP contribution >= 0.6 is 24.8 Å². The molecule has 0 bridgehead atoms. The molecule has 0 unspecified atom stereocenters. The van der Waals surface area contributed by atoms with Crippen LogP contribution in [0.2, 0.25) is 0 Å². The van der Waals surface area contributed by atoms with Crippen molar-refractivity contribution in [3.8, 4) is 11.3 Å². The third-order valence-electron chi connectivity index (χ3n) is 3.05. The van der Waals surface area contributed by atoms with Gasteiger partial charge in [-0.3, -0.25) is 4.98 Å². The summed E-state index contributed by atoms with van der Waals surface area (Å²) in [6, 6.07) is 20.0. The first-order valence-electron chi connectivity index (χ1n) is 6.66. The number of nitrogens with one attached hydrogen (secondary N) is 1. The van der Waals surface area contributed by atoms with Crippen LogP contribution in [0.5, 0.6) is 0 Å². The minimum atomic E-state index is 0. The van der Waals surface area contributed by atoms with Crippen LogP contribution < -0.4 is 5.32 Å². The number of halogens is 2. The molecular weight excluding hydrogens is 319 g/mol. The molecule has 0 fully saturated rings. The topological polar surface area (TPSA) is 38.1 Å². The van der Waals surface area contributed by atoms with Gasteiger partial charge in [0.05, 0.1) is 12.2 Å². The van der Waals surface area contributed by atoms with Crippen LogP contribution in [0.1, 0.15) is 11.5 Å². The van der Waals surface area contributed by atoms with Crippen LogP contribution in [0.25, 0.3) is 11.3 Å². The maximum Gasteiger partial charge on any atom is 0.134 e. The number of aromatic nitrogens is 1. The van der Waals surface area contributed by atoms with E-state index in [-0.39, 0.29) is 24.8 Å². The average Bonchev–Trinajstić information content (AvgIpc) is 2.98. The predicted molar refractivity (Wildman–Crippen MR) is 93.4 cm³/mol. The Morgan fingerprint density at radius 3 is 2.32 bits per heavy atom. The first-order chi connectivity index (χ1) is 9.92. The number of hydrogen-bond acceptors (Lipinski definition) is 3. The number of hydrogen-bond donors (Lipinski definition) is 1. The Morgan fingerprint density at radius 1 is 0.818 bits per heavy atom. The van der Waals surface area contributed by atoms with E-state index in [0.29, 0.717) is 6.54 Å². The second kappa shape index (κ2) is 9.26. The SMILES string of the molecule is Cl.Cl.c1ccc(-c2ccc(CNCc3ccccn3)o2)cc1. The zero-order valence-electron chi connectivity index (χ0n) is 11.9. The van der Waals surface area contributed by atoms with Crippen molar-refractivity contribution >= 4 is 24.8 Å². The van der Waals surface area contributed by atoms with E-state index in [9.17, 15) is 0 Å². The van der Waals surface area contributed by atoms with Gasteiger partial charge >= 0.3 is 0 Å². The summed E-state index contributed by atoms with van der Waals surface area (Å²) < 4.78 is 5.82. The van der Waals surface area contributed by atoms with E-state index < -0.39 is 0 Å². The van der Waals surface area contributed by atoms with Crippen molar-refractivity contribution < 1.29 is 4.42 Å². The van der Waals surface area contributed by atoms with Gasteiger partial charge in [0.15, 0.2) is 0 Å². The molecule has 0 saturated heterocycles. The van der Waals surface area contributed by atoms with E-state index in [1.165, 1.54) is 0 Å². The zero-order valence-corrected chi connectivity index (χ0v) is 13.6. The Hall–Kier alpha value is -1.81. The molecule has 2 heterocycles. The predicted octanol–water partition coefficient (Wildman–Crippen LogP) is 4.48. The standard InChI is InChI=1S/C17H16N2O.2ClH/c1-2-6-14(7-3-1)17-10-9-16(20-17)13-18-12-15-8-4-5-11-19-15;;/h1-11,18H,12-13H2;2*1H. The quantitative estimate of drug-likeness (QED) is 0.746. The lowest BCUT2D eigenvalue weighted by atomic mass is 10.2. The molecule has 0 amide bonds. The number of nitrogens with zero attached hydrogens (tertiary/aromatic N) is 1. The third-order valence-corrected chi connectivity index (χ3v) is 3.05. The molecule has 0 aliphatic rings. The van der Waals surface area contributed by atoms with Gasteiger partial charge in [-0.2, -0.15) is 0 Å². The summed E-state index contributed by atoms with van der Waals surface area (Å²) >= 11 is 0. The van der Waals surface area contributed by atoms with Crippen molar-refractivity contribution in [3.05, 3.63) is 78.3 Å². The molecule has 3 rings (SSSR count). The summed E-state index contributed by atoms with van der Waals surface area (Å²) in [5, 5.41) is 3.33. The Bertz CT molecular complexity index is 657. The summed E-state index contributed by atoms with van der Waals surface area (Å²) in [7, 11) is 0. The zero-order chi connectivity index (χ0) is 13.6. The summed E-state index contributed by atoms with van der Waals surface area (Å²) in [6.45, 7) is 1.44. The van der Waals surface area contributed by atoms with Gasteiger partial charge in [-0.15, -0.1) is 24.8 Å². The maximum absolute atomic E-state index is 5.82. The molecule has 22 heavy (non-hydrogen) atoms. The number of pyridine rings is 1. The number of benzene rings is 1. The molecule has 1 N–H and O–H groups in total. The molecule has 0 aliphatic carbocycles. The molecule has 0 aliphatic heterocycles. The highest BCUT2D eigenvalue weighted by molar-refractivity contribution is 5.85. The van der Waals surface area contributed by atoms with Crippen LogP contribution in [-0.2, 0) is 13.1 Å². The molecule has 5 heteroatoms. The van der Waals surface area contributed by atoms with E-state index in [1.54, 1.807) is 6.20 Å². The lowest BCUT2D eigenvalue weighted by molar-refractivity contribution is 0.492. The summed E-state index contributed by atoms with van der Waals surface area (Å²) in [4.78, 5) is 4.27. The molecule has 0 saturated carbocycles. The second-order valence-electron chi connectivity index (χ2n) is 4.56. The van der Waals surface area contributed by atoms with Crippen molar-refractivity contribution in [1.82, 2.24) is 10.3 Å². The van der Waals surface area contributed by atoms with Crippen LogP contribution in [0, 0.1) is 0 Å². The van der Waals surface area contributed by atoms with Crippen molar-refractivity contribution in [1.29, 1.82) is 0 Å². The van der Waals surface area contributed by atoms with Crippen LogP contribution in [-0.4, -0.2) is 4.98 Å². The molecule has 2 aromatic heterocycles. The maximum atomic E-state index is 5.82. The Morgan fingerprint density at radius 2 is 1.59 bits per heavy atom. The minimum Gasteiger partial charge on any atom is -0.460 e. The first-order valence-corrected chi connectivity index (χ1v) is 6.66. The number of rotatable bonds is 5. The monoisotopic (exact) mass is 336 g/mol. The van der Waals surface area contributed by atoms with E-state index in [1.807, 2.05) is 60.7 Å². The highest BCUT2D eigenvalue weighted by atomic mass is 35.5. The van der Waals surface area contributed by atoms with Gasteiger partial charge in [-0.1, -0.05) is 36.4 Å². The Labute approximate surface area is 142 Å². The van der Waals surface area contributed by atoms with Crippen LogP contribution in [0.4, 0.5) is 0 Å². The van der Waals surface area contributed by atoms with Crippen LogP contribution in [0.3, 0.4) is 0 Å². The van der Waals surface area contributed by atoms with Crippen molar-refractivity contribution in [2.24, 2.45) is 0 Å². The molecular formula is C17H18Cl2N2O. The Balaban J connectivity index is 0.00000121. The highest BCUT2D eigenvalue weighted by Crippen LogP contribution is 2.21. The van der Waals surface area contributed by atoms with Gasteiger partial charge in [0.2, 0.25) is 0 Å². The lowest BCUT2D eigenvalue weighted by Crippen LogP contribution is -2.12. The molecule has 0 atom stereocenters. The van der Waals surface area contributed by atoms with Gasteiger partial charge in [0, 0.05) is 18.3 Å². The highest BCUT2D eigenvalue weighted by Gasteiger charge is 2.04. The molecule has 1 aromatic carbocycles. The largest absolute Gasteiger partial charge is 0.460 e. The second-order valence-corrected chi connectivity index (χ2v) is 4.56. The van der Waals surface area contributed by atoms with Crippen molar-refractivity contribution in [2.45, 2.75) is 13.1 Å². The molecule has 116 valence electrons. The smallest absolute Gasteiger partial charge is 0.134 e. The molecule has 3 aromatic rings. The molecule has 0 radical (unpaired) electrons. The Kier molecular flexibility index (Phi) is 7.67. The lowest BCUT2D eigenvalue weighted by Gasteiger charge is -2.02. The fraction of sp³-hybridized carbons (Fsp3) is 0.118. The summed E-state index contributed by atoms with van der Waals surface area (Å²) in [6.07, 6.45) is 1.80. The van der Waals surface area contributed by atoms with Crippen molar-refractivity contribution in [3.63, 3.8) is 0 Å². The van der Waals surface area contributed by atoms with Gasteiger partial charge in [-0.05, 0) is 24.3 Å². The fourth-order valence-corrected chi connectivity index (χ4v) is 2.05. The van der Waals surface area contributed by atoms with Gasteiger partial charge in [0.1, 0.15) is 11.5 Å². The van der Waals surface area contributed by atoms with E-state index in [4.69, 9.17) is 4.42 Å². The average molecular weight is 337 g/mol. The summed E-state index contributed by atoms with van der Waals surface area (Å²) in [5.74, 6) is 1.83. The molecule has 0 spiro atoms. The van der Waals surface area contributed by atoms with Crippen LogP contribution in [0.15, 0.2) is 71.3 Å². The van der Waals surface area contributed by atoms with Gasteiger partial charge in [-0.25, -0.2) is 0 Å². The fourth-order valence-electron chi connectivity index (χ4n) is 2.05. The van der Waals surface area contributed by atoms with E-state index in [2.05, 4.69) is 10.3 Å². The molecule has 3 nitrogen and oxygen atoms in total. The third kappa shape index (κ3) is 4.88. The van der Waals surface area contributed by atoms with E-state index in [0.717, 1.165) is 29.3 Å². The number of furan rings is 1. The minimum absolute atomic E-state index is 0. The van der Waals surface area contributed by atoms with Gasteiger partial charge in [0.25, 0.3) is 0 Å². The van der Waals surface area contributed by atoms with Crippen molar-refractivity contribution in [2.75, 3.05) is 0 Å². The summed E-state index contributed by atoms with van der Waals surface area (Å²) in [5.41, 5.74) is 2.13. The first kappa shape index (κ1) is 18.2. The van der Waals surface area contributed by atoms with Gasteiger partial charge < -0.3 is 9.73 Å². The normalized spacial score (nSPS) is 9.64.